The third-order valence-corrected chi connectivity index (χ3v) is 5.88. The van der Waals surface area contributed by atoms with Crippen molar-refractivity contribution in [1.29, 1.82) is 0 Å². The van der Waals surface area contributed by atoms with Gasteiger partial charge in [-0.05, 0) is 18.9 Å². The third kappa shape index (κ3) is 3.23. The second kappa shape index (κ2) is 6.64. The molecule has 3 heterocycles. The number of aromatic nitrogens is 2. The summed E-state index contributed by atoms with van der Waals surface area (Å²) in [4.78, 5) is 34.3. The normalized spacial score (nSPS) is 24.2. The zero-order valence-corrected chi connectivity index (χ0v) is 15.4. The number of thiophene rings is 1. The molecule has 24 heavy (non-hydrogen) atoms. The lowest BCUT2D eigenvalue weighted by Crippen LogP contribution is -3.13. The van der Waals surface area contributed by atoms with Gasteiger partial charge in [0.1, 0.15) is 16.3 Å². The van der Waals surface area contributed by atoms with Crippen molar-refractivity contribution in [3.63, 3.8) is 0 Å². The van der Waals surface area contributed by atoms with E-state index in [0.717, 1.165) is 13.1 Å². The Labute approximate surface area is 144 Å². The molecule has 0 saturated carbocycles. The van der Waals surface area contributed by atoms with Gasteiger partial charge < -0.3 is 14.6 Å². The molecule has 0 spiro atoms. The highest BCUT2D eigenvalue weighted by atomic mass is 32.1. The highest BCUT2D eigenvalue weighted by Gasteiger charge is 2.26. The fourth-order valence-corrected chi connectivity index (χ4v) is 4.98. The number of nitrogens with zero attached hydrogens (tertiary/aromatic N) is 1. The number of esters is 1. The van der Waals surface area contributed by atoms with Crippen LogP contribution in [-0.2, 0) is 11.3 Å². The van der Waals surface area contributed by atoms with E-state index in [1.807, 2.05) is 0 Å². The van der Waals surface area contributed by atoms with Crippen LogP contribution in [0.2, 0.25) is 0 Å². The van der Waals surface area contributed by atoms with Crippen molar-refractivity contribution in [2.75, 3.05) is 20.2 Å². The summed E-state index contributed by atoms with van der Waals surface area (Å²) in [5, 5.41) is 0.500. The number of H-pyrrole nitrogens is 1. The van der Waals surface area contributed by atoms with E-state index in [2.05, 4.69) is 23.8 Å². The number of ether oxygens (including phenoxy) is 1. The number of carbonyl (C=O) groups excluding carboxylic acids is 1. The maximum absolute atomic E-state index is 12.5. The first-order valence-electron chi connectivity index (χ1n) is 8.33. The standard InChI is InChI=1S/C17H23N3O3S/c1-9-5-10(2)7-20(6-9)8-12-18-15(21)13-11(3)14(17(22)23-4)24-16(13)19-12/h9-10H,5-8H2,1-4H3,(H,18,19,21)/p+1/t9-,10-/m1/s1. The molecule has 1 aliphatic heterocycles. The molecule has 2 N–H and O–H groups in total. The van der Waals surface area contributed by atoms with Gasteiger partial charge in [-0.1, -0.05) is 13.8 Å². The number of quaternary nitrogens is 1. The van der Waals surface area contributed by atoms with Crippen molar-refractivity contribution in [1.82, 2.24) is 9.97 Å². The Morgan fingerprint density at radius 3 is 2.67 bits per heavy atom. The van der Waals surface area contributed by atoms with E-state index in [9.17, 15) is 9.59 Å². The van der Waals surface area contributed by atoms with Gasteiger partial charge in [-0.3, -0.25) is 4.79 Å². The van der Waals surface area contributed by atoms with Crippen molar-refractivity contribution in [2.24, 2.45) is 11.8 Å². The van der Waals surface area contributed by atoms with Crippen molar-refractivity contribution in [2.45, 2.75) is 33.7 Å². The molecule has 6 nitrogen and oxygen atoms in total. The van der Waals surface area contributed by atoms with Crippen molar-refractivity contribution in [3.8, 4) is 0 Å². The first-order valence-corrected chi connectivity index (χ1v) is 9.14. The number of carbonyl (C=O) groups is 1. The van der Waals surface area contributed by atoms with E-state index >= 15 is 0 Å². The minimum absolute atomic E-state index is 0.170. The average Bonchev–Trinajstić information content (AvgIpc) is 2.82. The molecule has 0 aromatic carbocycles. The summed E-state index contributed by atoms with van der Waals surface area (Å²) in [6, 6.07) is 0. The topological polar surface area (TPSA) is 76.5 Å². The number of hydrogen-bond donors (Lipinski definition) is 2. The van der Waals surface area contributed by atoms with Gasteiger partial charge in [0.05, 0.1) is 25.6 Å². The van der Waals surface area contributed by atoms with Gasteiger partial charge in [0, 0.05) is 11.8 Å². The molecule has 130 valence electrons. The monoisotopic (exact) mass is 350 g/mol. The molecule has 0 radical (unpaired) electrons. The maximum Gasteiger partial charge on any atom is 0.348 e. The predicted octanol–water partition coefficient (Wildman–Crippen LogP) is 1.14. The Hall–Kier alpha value is -1.73. The zero-order valence-electron chi connectivity index (χ0n) is 14.6. The summed E-state index contributed by atoms with van der Waals surface area (Å²) >= 11 is 1.23. The molecule has 3 rings (SSSR count). The number of piperidine rings is 1. The van der Waals surface area contributed by atoms with Gasteiger partial charge in [0.15, 0.2) is 5.82 Å². The molecule has 0 aliphatic carbocycles. The lowest BCUT2D eigenvalue weighted by molar-refractivity contribution is -0.926. The minimum atomic E-state index is -0.416. The molecular formula is C17H24N3O3S+. The van der Waals surface area contributed by atoms with Crippen LogP contribution in [-0.4, -0.2) is 36.1 Å². The summed E-state index contributed by atoms with van der Waals surface area (Å²) in [6.45, 7) is 9.23. The number of likely N-dealkylation sites (tertiary alicyclic amines) is 1. The van der Waals surface area contributed by atoms with Gasteiger partial charge in [-0.2, -0.15) is 0 Å². The van der Waals surface area contributed by atoms with E-state index in [1.54, 1.807) is 6.92 Å². The lowest BCUT2D eigenvalue weighted by atomic mass is 9.92. The van der Waals surface area contributed by atoms with Crippen LogP contribution in [0.15, 0.2) is 4.79 Å². The molecule has 1 aliphatic rings. The highest BCUT2D eigenvalue weighted by Crippen LogP contribution is 2.27. The molecule has 1 fully saturated rings. The number of fused-ring (bicyclic) bond motifs is 1. The van der Waals surface area contributed by atoms with Crippen LogP contribution in [0.4, 0.5) is 0 Å². The van der Waals surface area contributed by atoms with Crippen LogP contribution in [0.3, 0.4) is 0 Å². The second-order valence-corrected chi connectivity index (χ2v) is 8.02. The highest BCUT2D eigenvalue weighted by molar-refractivity contribution is 7.20. The molecule has 0 bridgehead atoms. The number of aromatic amines is 1. The molecule has 7 heteroatoms. The Bertz CT molecular complexity index is 816. The molecule has 1 saturated heterocycles. The number of methoxy groups -OCH3 is 1. The van der Waals surface area contributed by atoms with Crippen LogP contribution in [0.5, 0.6) is 0 Å². The third-order valence-electron chi connectivity index (χ3n) is 4.72. The van der Waals surface area contributed by atoms with Gasteiger partial charge >= 0.3 is 5.97 Å². The minimum Gasteiger partial charge on any atom is -0.465 e. The first-order chi connectivity index (χ1) is 11.4. The Kier molecular flexibility index (Phi) is 4.73. The smallest absolute Gasteiger partial charge is 0.348 e. The fourth-order valence-electron chi connectivity index (χ4n) is 3.86. The van der Waals surface area contributed by atoms with Crippen molar-refractivity contribution >= 4 is 27.5 Å². The van der Waals surface area contributed by atoms with Crippen molar-refractivity contribution < 1.29 is 14.4 Å². The Morgan fingerprint density at radius 2 is 2.04 bits per heavy atom. The Morgan fingerprint density at radius 1 is 1.38 bits per heavy atom. The van der Waals surface area contributed by atoms with Gasteiger partial charge in [0.2, 0.25) is 0 Å². The van der Waals surface area contributed by atoms with Crippen LogP contribution in [0.25, 0.3) is 10.2 Å². The number of hydrogen-bond acceptors (Lipinski definition) is 5. The van der Waals surface area contributed by atoms with Crippen LogP contribution >= 0.6 is 11.3 Å². The molecule has 2 atom stereocenters. The second-order valence-electron chi connectivity index (χ2n) is 7.02. The summed E-state index contributed by atoms with van der Waals surface area (Å²) in [6.07, 6.45) is 1.26. The number of rotatable bonds is 3. The van der Waals surface area contributed by atoms with Crippen LogP contribution < -0.4 is 10.5 Å². The van der Waals surface area contributed by atoms with Crippen LogP contribution in [0.1, 0.15) is 41.3 Å². The predicted molar refractivity (Wildman–Crippen MR) is 93.7 cm³/mol. The first kappa shape index (κ1) is 17.1. The summed E-state index contributed by atoms with van der Waals surface area (Å²) < 4.78 is 4.79. The van der Waals surface area contributed by atoms with E-state index in [0.29, 0.717) is 44.9 Å². The average molecular weight is 350 g/mol. The number of aryl methyl sites for hydroxylation is 1. The van der Waals surface area contributed by atoms with E-state index < -0.39 is 5.97 Å². The summed E-state index contributed by atoms with van der Waals surface area (Å²) in [5.74, 6) is 1.66. The SMILES string of the molecule is COC(=O)c1sc2nc(C[NH+]3C[C@H](C)C[C@@H](C)C3)[nH]c(=O)c2c1C. The van der Waals surface area contributed by atoms with Gasteiger partial charge in [-0.25, -0.2) is 9.78 Å². The van der Waals surface area contributed by atoms with E-state index in [4.69, 9.17) is 4.74 Å². The van der Waals surface area contributed by atoms with Gasteiger partial charge in [-0.15, -0.1) is 11.3 Å². The quantitative estimate of drug-likeness (QED) is 0.814. The zero-order chi connectivity index (χ0) is 17.4. The van der Waals surface area contributed by atoms with E-state index in [-0.39, 0.29) is 5.56 Å². The molecule has 2 aromatic heterocycles. The molecular weight excluding hydrogens is 326 g/mol. The van der Waals surface area contributed by atoms with Gasteiger partial charge in [0.25, 0.3) is 5.56 Å². The molecule has 2 aromatic rings. The van der Waals surface area contributed by atoms with Crippen LogP contribution in [0, 0.1) is 18.8 Å². The van der Waals surface area contributed by atoms with E-state index in [1.165, 1.54) is 29.8 Å². The van der Waals surface area contributed by atoms with Crippen molar-refractivity contribution in [3.05, 3.63) is 26.6 Å². The molecule has 0 amide bonds. The summed E-state index contributed by atoms with van der Waals surface area (Å²) in [7, 11) is 1.34. The Balaban J connectivity index is 1.93. The molecule has 0 unspecified atom stereocenters. The summed E-state index contributed by atoms with van der Waals surface area (Å²) in [5.41, 5.74) is 0.478. The largest absolute Gasteiger partial charge is 0.465 e. The fraction of sp³-hybridized carbons (Fsp3) is 0.588. The maximum atomic E-state index is 12.5. The lowest BCUT2D eigenvalue weighted by Gasteiger charge is -2.31. The number of nitrogens with one attached hydrogen (secondary N) is 2.